The van der Waals surface area contributed by atoms with E-state index in [1.165, 1.54) is 81.4 Å². The maximum Gasteiger partial charge on any atom is 0.308 e. The zero-order chi connectivity index (χ0) is 87.5. The van der Waals surface area contributed by atoms with Crippen LogP contribution in [0.1, 0.15) is 258 Å². The van der Waals surface area contributed by atoms with Crippen molar-refractivity contribution in [1.82, 2.24) is 0 Å². The highest BCUT2D eigenvalue weighted by molar-refractivity contribution is 5.70. The lowest BCUT2D eigenvalue weighted by Crippen LogP contribution is -2.43. The minimum absolute atomic E-state index is 0.00157. The van der Waals surface area contributed by atoms with Gasteiger partial charge in [0.2, 0.25) is 0 Å². The summed E-state index contributed by atoms with van der Waals surface area (Å²) < 4.78 is 107. The molecule has 0 saturated carbocycles. The monoisotopic (exact) mass is 1700 g/mol. The molecule has 5 saturated heterocycles. The molecule has 15 atom stereocenters. The second kappa shape index (κ2) is 38.3. The van der Waals surface area contributed by atoms with Gasteiger partial charge in [0, 0.05) is 63.2 Å². The molecule has 10 aliphatic heterocycles. The number of rotatable bonds is 9. The number of benzene rings is 10. The van der Waals surface area contributed by atoms with E-state index >= 15 is 0 Å². The van der Waals surface area contributed by atoms with E-state index < -0.39 is 0 Å². The fourth-order valence-electron chi connectivity index (χ4n) is 18.8. The highest BCUT2D eigenvalue weighted by atomic mass is 19.1. The second-order valence-electron chi connectivity index (χ2n) is 37.0. The molecular formula is C105H120F3N5O12. The van der Waals surface area contributed by atoms with Crippen molar-refractivity contribution in [2.75, 3.05) is 92.7 Å². The molecule has 10 aromatic rings. The van der Waals surface area contributed by atoms with Gasteiger partial charge in [0.25, 0.3) is 0 Å². The lowest BCUT2D eigenvalue weighted by atomic mass is 9.82. The van der Waals surface area contributed by atoms with Gasteiger partial charge in [-0.15, -0.1) is 0 Å². The van der Waals surface area contributed by atoms with Gasteiger partial charge >= 0.3 is 5.97 Å². The minimum Gasteiger partial charge on any atom is -0.427 e. The molecule has 0 radical (unpaired) electrons. The molecular weight excluding hydrogens is 1580 g/mol. The van der Waals surface area contributed by atoms with Crippen molar-refractivity contribution in [3.63, 3.8) is 0 Å². The molecule has 5 fully saturated rings. The standard InChI is InChI=1S/C23H27NO4.C21H24FNO2.C21H25NO2.2C20H22FNO2/c1-14(25)28-17-8-5-15(6-9-17)20-22-21(26-11-12-27-22)18-13-16(23(2,3)4)7-10-19(18)24-20;1-21(2,3)14-6-9-17-16(12-14)19-20(25-11-10-24-19)18(23-17)13-4-7-15(22)8-5-13;1-13(2)16-12-17-18(11-14(16)3)22-19(15-7-5-4-6-8-15)21-20(17)23-9-10-24-21;2*1-12(2)13-6-7-17-16(11-13)19-20(24-9-8-23-19)18(22-17)14-4-3-5-15(21)10-14/h5-10,13,20-22,24H,11-12H2,1-4H3;4-9,12,18-20,23H,10-11H2,1-3H3;4-8,11-13,19-22H,9-10H2,1-3H3;2*3-7,10-12,18-20,22H,8-9H2,1-2H3/t;;19-,20+,21-;18-,19+,20-;/m..01./s1. The van der Waals surface area contributed by atoms with Crippen LogP contribution in [0.2, 0.25) is 0 Å². The van der Waals surface area contributed by atoms with Crippen LogP contribution in [-0.4, -0.2) is 103 Å². The summed E-state index contributed by atoms with van der Waals surface area (Å²) >= 11 is 0. The van der Waals surface area contributed by atoms with Crippen LogP contribution in [0.3, 0.4) is 0 Å². The van der Waals surface area contributed by atoms with E-state index in [2.05, 4.69) is 232 Å². The van der Waals surface area contributed by atoms with Crippen molar-refractivity contribution in [3.05, 3.63) is 319 Å². The molecule has 9 unspecified atom stereocenters. The van der Waals surface area contributed by atoms with Crippen LogP contribution in [0.5, 0.6) is 5.75 Å². The van der Waals surface area contributed by atoms with Crippen molar-refractivity contribution >= 4 is 34.4 Å². The number of fused-ring (bicyclic) bond motifs is 15. The Bertz CT molecular complexity index is 5260. The SMILES string of the molecule is CC(=O)Oc1ccc(C2Nc3ccc(C(C)(C)C)cc3C3OCCOC23)cc1.CC(C)(C)c1ccc2c(c1)C1OCCOC1C(c1ccc(F)cc1)N2.CC(C)c1ccc2c(c1)C1OCCOC1C(c1cccc(F)c1)N2.CC(C)c1ccc2c(c1)[C@@H]1OCCO[C@@H]1[C@@H](c1cccc(F)c1)N2.Cc1cc2c(cc1C(C)C)[C@H]1OCCO[C@H]1[C@H](c1ccccc1)N2. The molecule has 5 N–H and O–H groups in total. The Kier molecular flexibility index (Phi) is 27.1. The Hall–Kier alpha value is -9.94. The van der Waals surface area contributed by atoms with Crippen LogP contribution in [0.25, 0.3) is 0 Å². The van der Waals surface area contributed by atoms with Crippen LogP contribution in [0, 0.1) is 24.4 Å². The van der Waals surface area contributed by atoms with Gasteiger partial charge < -0.3 is 78.7 Å². The number of anilines is 5. The molecule has 20 heteroatoms. The number of hydrogen-bond donors (Lipinski definition) is 5. The smallest absolute Gasteiger partial charge is 0.308 e. The topological polar surface area (TPSA) is 179 Å². The third-order valence-corrected chi connectivity index (χ3v) is 25.4. The van der Waals surface area contributed by atoms with E-state index in [9.17, 15) is 18.0 Å². The summed E-state index contributed by atoms with van der Waals surface area (Å²) in [7, 11) is 0. The van der Waals surface area contributed by atoms with Crippen LogP contribution in [-0.2, 0) is 63.0 Å². The van der Waals surface area contributed by atoms with Gasteiger partial charge in [-0.05, 0) is 176 Å². The predicted octanol–water partition coefficient (Wildman–Crippen LogP) is 23.2. The van der Waals surface area contributed by atoms with Gasteiger partial charge in [0.05, 0.1) is 96.3 Å². The van der Waals surface area contributed by atoms with E-state index in [0.29, 0.717) is 89.6 Å². The molecule has 10 aromatic carbocycles. The Balaban J connectivity index is 0.000000115. The predicted molar refractivity (Wildman–Crippen MR) is 484 cm³/mol. The molecule has 0 bridgehead atoms. The van der Waals surface area contributed by atoms with Crippen LogP contribution in [0.15, 0.2) is 212 Å². The average molecular weight is 1700 g/mol. The molecule has 17 nitrogen and oxygen atoms in total. The number of esters is 1. The van der Waals surface area contributed by atoms with Crippen molar-refractivity contribution < 1.29 is 70.1 Å². The van der Waals surface area contributed by atoms with E-state index in [0.717, 1.165) is 67.3 Å². The lowest BCUT2D eigenvalue weighted by molar-refractivity contribution is -0.151. The Morgan fingerprint density at radius 1 is 0.328 bits per heavy atom. The maximum absolute atomic E-state index is 13.7. The van der Waals surface area contributed by atoms with Crippen molar-refractivity contribution in [2.45, 2.75) is 217 Å². The third-order valence-electron chi connectivity index (χ3n) is 25.4. The third kappa shape index (κ3) is 19.8. The number of ether oxygens (including phenoxy) is 11. The van der Waals surface area contributed by atoms with Gasteiger partial charge in [-0.25, -0.2) is 13.2 Å². The summed E-state index contributed by atoms with van der Waals surface area (Å²) in [5.41, 5.74) is 24.3. The van der Waals surface area contributed by atoms with E-state index in [4.69, 9.17) is 52.1 Å². The first-order chi connectivity index (χ1) is 60.2. The highest BCUT2D eigenvalue weighted by Gasteiger charge is 2.47. The fraction of sp³-hybridized carbons (Fsp3) is 0.419. The van der Waals surface area contributed by atoms with Gasteiger partial charge in [-0.3, -0.25) is 4.79 Å². The van der Waals surface area contributed by atoms with E-state index in [-0.39, 0.29) is 125 Å². The molecule has 20 rings (SSSR count). The summed E-state index contributed by atoms with van der Waals surface area (Å²) in [6.07, 6.45) is -1.00. The average Bonchev–Trinajstić information content (AvgIpc) is 0.780. The fourth-order valence-corrected chi connectivity index (χ4v) is 18.8. The number of carbonyl (C=O) groups is 1. The zero-order valence-corrected chi connectivity index (χ0v) is 74.2. The van der Waals surface area contributed by atoms with Crippen molar-refractivity contribution in [3.8, 4) is 5.75 Å². The molecule has 125 heavy (non-hydrogen) atoms. The normalized spacial score (nSPS) is 25.3. The number of carbonyl (C=O) groups excluding carboxylic acids is 1. The zero-order valence-electron chi connectivity index (χ0n) is 74.2. The summed E-state index contributed by atoms with van der Waals surface area (Å²) in [5.74, 6) is 0.943. The quantitative estimate of drug-likeness (QED) is 0.0680. The molecule has 10 aliphatic rings. The maximum atomic E-state index is 13.7. The molecule has 658 valence electrons. The van der Waals surface area contributed by atoms with Crippen molar-refractivity contribution in [2.24, 2.45) is 0 Å². The first kappa shape index (κ1) is 88.5. The molecule has 10 heterocycles. The van der Waals surface area contributed by atoms with Gasteiger partial charge in [-0.1, -0.05) is 217 Å². The summed E-state index contributed by atoms with van der Waals surface area (Å²) in [6, 6.07) is 68.5. The van der Waals surface area contributed by atoms with E-state index in [1.54, 1.807) is 24.3 Å². The number of halogens is 3. The van der Waals surface area contributed by atoms with Gasteiger partial charge in [0.15, 0.2) is 0 Å². The summed E-state index contributed by atoms with van der Waals surface area (Å²) in [4.78, 5) is 11.2. The number of aryl methyl sites for hydroxylation is 1. The van der Waals surface area contributed by atoms with Crippen molar-refractivity contribution in [1.29, 1.82) is 0 Å². The minimum atomic E-state index is -0.323. The first-order valence-electron chi connectivity index (χ1n) is 44.5. The van der Waals surface area contributed by atoms with Crippen LogP contribution >= 0.6 is 0 Å². The molecule has 0 spiro atoms. The molecule has 0 aromatic heterocycles. The Morgan fingerprint density at radius 2 is 0.648 bits per heavy atom. The second-order valence-corrected chi connectivity index (χ2v) is 37.0. The lowest BCUT2D eigenvalue weighted by Gasteiger charge is -2.43. The van der Waals surface area contributed by atoms with E-state index in [1.807, 2.05) is 48.5 Å². The Labute approximate surface area is 734 Å². The first-order valence-corrected chi connectivity index (χ1v) is 44.5. The molecule has 0 amide bonds. The number of hydrogen-bond acceptors (Lipinski definition) is 17. The molecule has 0 aliphatic carbocycles. The summed E-state index contributed by atoms with van der Waals surface area (Å²) in [6.45, 7) is 36.1. The Morgan fingerprint density at radius 3 is 1.00 bits per heavy atom. The van der Waals surface area contributed by atoms with Gasteiger partial charge in [-0.2, -0.15) is 0 Å². The number of nitrogens with one attached hydrogen (secondary N) is 5. The van der Waals surface area contributed by atoms with Crippen LogP contribution in [0.4, 0.5) is 41.6 Å². The summed E-state index contributed by atoms with van der Waals surface area (Å²) in [5, 5.41) is 18.0. The van der Waals surface area contributed by atoms with Crippen LogP contribution < -0.4 is 31.3 Å². The van der Waals surface area contributed by atoms with Gasteiger partial charge in [0.1, 0.15) is 84.2 Å². The highest BCUT2D eigenvalue weighted by Crippen LogP contribution is 2.52. The largest absolute Gasteiger partial charge is 0.427 e.